The molecular formula is C11H13N5. The third-order valence-electron chi connectivity index (χ3n) is 2.12. The predicted molar refractivity (Wildman–Crippen MR) is 60.6 cm³/mol. The van der Waals surface area contributed by atoms with E-state index in [9.17, 15) is 0 Å². The molecule has 0 atom stereocenters. The number of nitrogens with two attached hydrogens (primary N) is 1. The minimum Gasteiger partial charge on any atom is -0.330 e. The Morgan fingerprint density at radius 3 is 2.69 bits per heavy atom. The molecule has 0 bridgehead atoms. The number of rotatable bonds is 3. The van der Waals surface area contributed by atoms with Gasteiger partial charge in [0.25, 0.3) is 0 Å². The summed E-state index contributed by atoms with van der Waals surface area (Å²) < 4.78 is 0. The van der Waals surface area contributed by atoms with E-state index in [1.807, 2.05) is 13.0 Å². The Bertz CT molecular complexity index is 483. The van der Waals surface area contributed by atoms with Gasteiger partial charge >= 0.3 is 0 Å². The number of hydrogen-bond acceptors (Lipinski definition) is 5. The molecule has 5 heteroatoms. The summed E-state index contributed by atoms with van der Waals surface area (Å²) in [5.41, 5.74) is 7.16. The standard InChI is InChI=1S/C11H13N5/c1-8-13-7-4-10(15-8)11-14-6-3-9(16-11)2-5-12/h3-4,6-7H,2,5,12H2,1H3. The van der Waals surface area contributed by atoms with Crippen LogP contribution in [0.4, 0.5) is 0 Å². The average molecular weight is 215 g/mol. The highest BCUT2D eigenvalue weighted by Gasteiger charge is 2.04. The van der Waals surface area contributed by atoms with Crippen molar-refractivity contribution in [2.24, 2.45) is 5.73 Å². The largest absolute Gasteiger partial charge is 0.330 e. The first kappa shape index (κ1) is 10.6. The van der Waals surface area contributed by atoms with Gasteiger partial charge in [-0.15, -0.1) is 0 Å². The first-order valence-corrected chi connectivity index (χ1v) is 5.11. The fourth-order valence-electron chi connectivity index (χ4n) is 1.39. The summed E-state index contributed by atoms with van der Waals surface area (Å²) in [7, 11) is 0. The molecule has 0 aliphatic heterocycles. The van der Waals surface area contributed by atoms with E-state index in [1.165, 1.54) is 0 Å². The first-order valence-electron chi connectivity index (χ1n) is 5.11. The lowest BCUT2D eigenvalue weighted by molar-refractivity contribution is 0.908. The molecule has 2 aromatic rings. The van der Waals surface area contributed by atoms with Crippen LogP contribution in [0.3, 0.4) is 0 Å². The summed E-state index contributed by atoms with van der Waals surface area (Å²) in [4.78, 5) is 16.9. The van der Waals surface area contributed by atoms with E-state index in [1.54, 1.807) is 18.5 Å². The minimum absolute atomic E-state index is 0.583. The van der Waals surface area contributed by atoms with E-state index in [2.05, 4.69) is 19.9 Å². The number of aromatic nitrogens is 4. The molecule has 0 amide bonds. The van der Waals surface area contributed by atoms with Crippen LogP contribution in [0.5, 0.6) is 0 Å². The van der Waals surface area contributed by atoms with Crippen molar-refractivity contribution >= 4 is 0 Å². The Morgan fingerprint density at radius 2 is 1.94 bits per heavy atom. The van der Waals surface area contributed by atoms with E-state index in [-0.39, 0.29) is 0 Å². The second-order valence-corrected chi connectivity index (χ2v) is 3.40. The second-order valence-electron chi connectivity index (χ2n) is 3.40. The van der Waals surface area contributed by atoms with Crippen LogP contribution < -0.4 is 5.73 Å². The van der Waals surface area contributed by atoms with Crippen LogP contribution in [0.2, 0.25) is 0 Å². The monoisotopic (exact) mass is 215 g/mol. The molecule has 5 nitrogen and oxygen atoms in total. The Morgan fingerprint density at radius 1 is 1.12 bits per heavy atom. The highest BCUT2D eigenvalue weighted by atomic mass is 14.9. The third kappa shape index (κ3) is 2.38. The second kappa shape index (κ2) is 4.76. The SMILES string of the molecule is Cc1nccc(-c2nccc(CCN)n2)n1. The van der Waals surface area contributed by atoms with E-state index >= 15 is 0 Å². The zero-order valence-corrected chi connectivity index (χ0v) is 9.09. The van der Waals surface area contributed by atoms with Gasteiger partial charge in [0, 0.05) is 24.5 Å². The van der Waals surface area contributed by atoms with Crippen molar-refractivity contribution < 1.29 is 0 Å². The van der Waals surface area contributed by atoms with Gasteiger partial charge in [-0.1, -0.05) is 0 Å². The molecule has 82 valence electrons. The van der Waals surface area contributed by atoms with Crippen LogP contribution in [0.15, 0.2) is 24.5 Å². The van der Waals surface area contributed by atoms with Gasteiger partial charge in [0.15, 0.2) is 5.82 Å². The fraction of sp³-hybridized carbons (Fsp3) is 0.273. The quantitative estimate of drug-likeness (QED) is 0.817. The average Bonchev–Trinajstić information content (AvgIpc) is 2.30. The predicted octanol–water partition coefficient (Wildman–Crippen LogP) is 0.743. The summed E-state index contributed by atoms with van der Waals surface area (Å²) in [6.07, 6.45) is 4.18. The third-order valence-corrected chi connectivity index (χ3v) is 2.12. The molecule has 0 spiro atoms. The lowest BCUT2D eigenvalue weighted by Gasteiger charge is -2.02. The molecule has 0 fully saturated rings. The van der Waals surface area contributed by atoms with Crippen molar-refractivity contribution in [2.45, 2.75) is 13.3 Å². The first-order chi connectivity index (χ1) is 7.79. The van der Waals surface area contributed by atoms with Crippen molar-refractivity contribution in [1.29, 1.82) is 0 Å². The van der Waals surface area contributed by atoms with Crippen molar-refractivity contribution in [1.82, 2.24) is 19.9 Å². The molecule has 2 N–H and O–H groups in total. The lowest BCUT2D eigenvalue weighted by Crippen LogP contribution is -2.05. The van der Waals surface area contributed by atoms with Crippen LogP contribution in [0.1, 0.15) is 11.5 Å². The van der Waals surface area contributed by atoms with Crippen LogP contribution in [0, 0.1) is 6.92 Å². The summed E-state index contributed by atoms with van der Waals surface area (Å²) in [5.74, 6) is 1.33. The maximum absolute atomic E-state index is 5.49. The van der Waals surface area contributed by atoms with Gasteiger partial charge < -0.3 is 5.73 Å². The van der Waals surface area contributed by atoms with Gasteiger partial charge in [-0.05, 0) is 25.6 Å². The Hall–Kier alpha value is -1.88. The summed E-state index contributed by atoms with van der Waals surface area (Å²) >= 11 is 0. The molecule has 2 aromatic heterocycles. The van der Waals surface area contributed by atoms with Crippen LogP contribution in [-0.2, 0) is 6.42 Å². The maximum Gasteiger partial charge on any atom is 0.178 e. The Balaban J connectivity index is 2.36. The molecule has 0 unspecified atom stereocenters. The van der Waals surface area contributed by atoms with E-state index in [0.717, 1.165) is 17.8 Å². The van der Waals surface area contributed by atoms with Gasteiger partial charge in [-0.3, -0.25) is 0 Å². The molecular weight excluding hydrogens is 202 g/mol. The zero-order chi connectivity index (χ0) is 11.4. The smallest absolute Gasteiger partial charge is 0.178 e. The minimum atomic E-state index is 0.583. The van der Waals surface area contributed by atoms with Gasteiger partial charge in [0.1, 0.15) is 11.5 Å². The van der Waals surface area contributed by atoms with Crippen molar-refractivity contribution in [3.63, 3.8) is 0 Å². The summed E-state index contributed by atoms with van der Waals surface area (Å²) in [6.45, 7) is 2.42. The maximum atomic E-state index is 5.49. The molecule has 0 aliphatic carbocycles. The zero-order valence-electron chi connectivity index (χ0n) is 9.09. The summed E-state index contributed by atoms with van der Waals surface area (Å²) in [5, 5.41) is 0. The van der Waals surface area contributed by atoms with Crippen LogP contribution in [0.25, 0.3) is 11.5 Å². The molecule has 0 aromatic carbocycles. The van der Waals surface area contributed by atoms with E-state index in [4.69, 9.17) is 5.73 Å². The Kier molecular flexibility index (Phi) is 3.16. The highest BCUT2D eigenvalue weighted by molar-refractivity contribution is 5.47. The van der Waals surface area contributed by atoms with Crippen molar-refractivity contribution in [3.8, 4) is 11.5 Å². The molecule has 0 saturated carbocycles. The molecule has 0 radical (unpaired) electrons. The number of nitrogens with zero attached hydrogens (tertiary/aromatic N) is 4. The molecule has 16 heavy (non-hydrogen) atoms. The lowest BCUT2D eigenvalue weighted by atomic mass is 10.3. The molecule has 0 aliphatic rings. The Labute approximate surface area is 93.8 Å². The molecule has 2 rings (SSSR count). The topological polar surface area (TPSA) is 77.6 Å². The normalized spacial score (nSPS) is 10.4. The van der Waals surface area contributed by atoms with Gasteiger partial charge in [-0.25, -0.2) is 19.9 Å². The number of hydrogen-bond donors (Lipinski definition) is 1. The molecule has 0 saturated heterocycles. The van der Waals surface area contributed by atoms with Crippen LogP contribution in [-0.4, -0.2) is 26.5 Å². The highest BCUT2D eigenvalue weighted by Crippen LogP contribution is 2.10. The van der Waals surface area contributed by atoms with Crippen LogP contribution >= 0.6 is 0 Å². The fourth-order valence-corrected chi connectivity index (χ4v) is 1.39. The van der Waals surface area contributed by atoms with Gasteiger partial charge in [0.2, 0.25) is 0 Å². The van der Waals surface area contributed by atoms with Crippen molar-refractivity contribution in [2.75, 3.05) is 6.54 Å². The van der Waals surface area contributed by atoms with Gasteiger partial charge in [0.05, 0.1) is 0 Å². The van der Waals surface area contributed by atoms with E-state index in [0.29, 0.717) is 18.2 Å². The van der Waals surface area contributed by atoms with Crippen molar-refractivity contribution in [3.05, 3.63) is 36.0 Å². The number of aryl methyl sites for hydroxylation is 1. The van der Waals surface area contributed by atoms with E-state index < -0.39 is 0 Å². The summed E-state index contributed by atoms with van der Waals surface area (Å²) in [6, 6.07) is 3.67. The van der Waals surface area contributed by atoms with Gasteiger partial charge in [-0.2, -0.15) is 0 Å². The molecule has 2 heterocycles.